The fourth-order valence-electron chi connectivity index (χ4n) is 8.62. The molecule has 0 radical (unpaired) electrons. The van der Waals surface area contributed by atoms with Gasteiger partial charge in [-0.15, -0.1) is 0 Å². The molecule has 1 unspecified atom stereocenters. The van der Waals surface area contributed by atoms with Gasteiger partial charge in [-0.25, -0.2) is 0 Å². The fraction of sp³-hybridized carbons (Fsp3) is 0.613. The van der Waals surface area contributed by atoms with Crippen molar-refractivity contribution in [2.45, 2.75) is 284 Å². The Morgan fingerprint density at radius 3 is 0.753 bits per heavy atom. The van der Waals surface area contributed by atoms with Gasteiger partial charge in [-0.3, -0.25) is 14.4 Å². The average Bonchev–Trinajstić information content (AvgIpc) is 3.47. The number of allylic oxidation sites excluding steroid dienone is 26. The van der Waals surface area contributed by atoms with Crippen LogP contribution in [0, 0.1) is 0 Å². The second-order valence-corrected chi connectivity index (χ2v) is 21.3. The number of hydrogen-bond donors (Lipinski definition) is 0. The quantitative estimate of drug-likeness (QED) is 0.0261. The molecule has 0 saturated carbocycles. The number of ether oxygens (including phenoxy) is 3. The van der Waals surface area contributed by atoms with Gasteiger partial charge >= 0.3 is 17.9 Å². The normalized spacial score (nSPS) is 13.2. The van der Waals surface area contributed by atoms with Gasteiger partial charge in [0.05, 0.1) is 0 Å². The summed E-state index contributed by atoms with van der Waals surface area (Å²) in [6.07, 6.45) is 98.2. The molecule has 456 valence electrons. The molecule has 81 heavy (non-hydrogen) atoms. The summed E-state index contributed by atoms with van der Waals surface area (Å²) in [6, 6.07) is 0. The van der Waals surface area contributed by atoms with E-state index in [1.54, 1.807) is 0 Å². The van der Waals surface area contributed by atoms with E-state index in [9.17, 15) is 14.4 Å². The number of carbonyl (C=O) groups excluding carboxylic acids is 3. The number of hydrogen-bond acceptors (Lipinski definition) is 6. The van der Waals surface area contributed by atoms with Gasteiger partial charge in [0, 0.05) is 19.3 Å². The van der Waals surface area contributed by atoms with Crippen molar-refractivity contribution in [1.82, 2.24) is 0 Å². The highest BCUT2D eigenvalue weighted by molar-refractivity contribution is 5.71. The second kappa shape index (κ2) is 67.5. The van der Waals surface area contributed by atoms with Crippen LogP contribution >= 0.6 is 0 Å². The molecular weight excluding hydrogens is 997 g/mol. The summed E-state index contributed by atoms with van der Waals surface area (Å²) in [6.45, 7) is 6.36. The van der Waals surface area contributed by atoms with E-state index in [2.05, 4.69) is 179 Å². The molecule has 0 fully saturated rings. The van der Waals surface area contributed by atoms with E-state index < -0.39 is 6.10 Å². The Labute approximate surface area is 499 Å². The van der Waals surface area contributed by atoms with Crippen LogP contribution in [0.2, 0.25) is 0 Å². The van der Waals surface area contributed by atoms with Crippen LogP contribution in [0.15, 0.2) is 158 Å². The van der Waals surface area contributed by atoms with Crippen molar-refractivity contribution in [3.05, 3.63) is 158 Å². The first-order valence-corrected chi connectivity index (χ1v) is 33.0. The van der Waals surface area contributed by atoms with E-state index in [0.717, 1.165) is 173 Å². The van der Waals surface area contributed by atoms with Crippen molar-refractivity contribution >= 4 is 17.9 Å². The summed E-state index contributed by atoms with van der Waals surface area (Å²) >= 11 is 0. The smallest absolute Gasteiger partial charge is 0.306 e. The van der Waals surface area contributed by atoms with Crippen LogP contribution < -0.4 is 0 Å². The molecule has 6 heteroatoms. The molecule has 1 atom stereocenters. The number of carbonyl (C=O) groups is 3. The Morgan fingerprint density at radius 1 is 0.259 bits per heavy atom. The predicted octanol–water partition coefficient (Wildman–Crippen LogP) is 22.9. The van der Waals surface area contributed by atoms with Crippen LogP contribution in [-0.4, -0.2) is 37.2 Å². The summed E-state index contributed by atoms with van der Waals surface area (Å²) in [5, 5.41) is 0. The zero-order valence-electron chi connectivity index (χ0n) is 52.2. The van der Waals surface area contributed by atoms with E-state index in [1.165, 1.54) is 64.2 Å². The van der Waals surface area contributed by atoms with Crippen molar-refractivity contribution < 1.29 is 28.6 Å². The van der Waals surface area contributed by atoms with Gasteiger partial charge in [0.15, 0.2) is 6.10 Å². The minimum absolute atomic E-state index is 0.100. The highest BCUT2D eigenvalue weighted by atomic mass is 16.6. The summed E-state index contributed by atoms with van der Waals surface area (Å²) in [5.41, 5.74) is 0. The van der Waals surface area contributed by atoms with E-state index in [0.29, 0.717) is 19.3 Å². The van der Waals surface area contributed by atoms with Crippen molar-refractivity contribution in [1.29, 1.82) is 0 Å². The minimum atomic E-state index is -0.805. The molecule has 0 aromatic carbocycles. The van der Waals surface area contributed by atoms with Gasteiger partial charge < -0.3 is 14.2 Å². The van der Waals surface area contributed by atoms with Crippen molar-refractivity contribution in [3.63, 3.8) is 0 Å². The van der Waals surface area contributed by atoms with Crippen LogP contribution in [0.1, 0.15) is 278 Å². The van der Waals surface area contributed by atoms with Gasteiger partial charge in [-0.2, -0.15) is 0 Å². The molecule has 0 spiro atoms. The summed E-state index contributed by atoms with van der Waals surface area (Å²) in [4.78, 5) is 38.3. The molecule has 0 N–H and O–H groups in total. The zero-order valence-corrected chi connectivity index (χ0v) is 52.2. The molecule has 0 amide bonds. The standard InChI is InChI=1S/C75H120O6/c1-4-7-10-13-16-19-22-25-28-30-31-32-33-34-35-36-37-38-39-40-41-42-43-45-47-50-53-56-59-62-65-68-74(77)80-71-72(70-79-73(76)67-64-61-58-55-52-49-46-27-24-21-18-15-12-9-6-3)81-75(78)69-66-63-60-57-54-51-48-44-29-26-23-20-17-14-11-8-5-2/h7,9-10,12,16-21,25-29,31-32,34-35,37-38,40-41,43,45-46,72H,4-6,8,11,13-15,22-24,30,33,36,39,42,44,47-71H2,1-3H3/b10-7-,12-9-,19-16-,20-17-,21-18-,28-25-,29-26-,32-31-,35-34-,38-37-,41-40-,45-43-,46-27-. The Kier molecular flexibility index (Phi) is 63.4. The molecule has 0 saturated heterocycles. The third-order valence-electron chi connectivity index (χ3n) is 13.5. The molecule has 0 aliphatic heterocycles. The largest absolute Gasteiger partial charge is 0.462 e. The lowest BCUT2D eigenvalue weighted by molar-refractivity contribution is -0.167. The molecule has 0 aromatic rings. The third-order valence-corrected chi connectivity index (χ3v) is 13.5. The maximum atomic E-state index is 12.9. The zero-order chi connectivity index (χ0) is 58.5. The molecule has 0 aliphatic rings. The number of esters is 3. The fourth-order valence-corrected chi connectivity index (χ4v) is 8.62. The molecule has 0 heterocycles. The molecular formula is C75H120O6. The first kappa shape index (κ1) is 76.0. The molecule has 0 aromatic heterocycles. The van der Waals surface area contributed by atoms with E-state index in [1.807, 2.05) is 0 Å². The predicted molar refractivity (Wildman–Crippen MR) is 352 cm³/mol. The van der Waals surface area contributed by atoms with Crippen LogP contribution in [0.25, 0.3) is 0 Å². The second-order valence-electron chi connectivity index (χ2n) is 21.3. The lowest BCUT2D eigenvalue weighted by atomic mass is 10.1. The van der Waals surface area contributed by atoms with Gasteiger partial charge in [0.1, 0.15) is 13.2 Å². The Hall–Kier alpha value is -4.97. The van der Waals surface area contributed by atoms with Crippen molar-refractivity contribution in [3.8, 4) is 0 Å². The summed E-state index contributed by atoms with van der Waals surface area (Å²) < 4.78 is 16.9. The summed E-state index contributed by atoms with van der Waals surface area (Å²) in [5.74, 6) is -0.939. The highest BCUT2D eigenvalue weighted by Gasteiger charge is 2.19. The van der Waals surface area contributed by atoms with Crippen LogP contribution in [0.5, 0.6) is 0 Å². The Balaban J connectivity index is 4.39. The maximum Gasteiger partial charge on any atom is 0.306 e. The minimum Gasteiger partial charge on any atom is -0.462 e. The Bertz CT molecular complexity index is 1810. The van der Waals surface area contributed by atoms with Gasteiger partial charge in [0.25, 0.3) is 0 Å². The van der Waals surface area contributed by atoms with Crippen molar-refractivity contribution in [2.24, 2.45) is 0 Å². The number of rotatable bonds is 58. The maximum absolute atomic E-state index is 12.9. The first-order chi connectivity index (χ1) is 40.0. The SMILES string of the molecule is CC/C=C\C/C=C\C/C=C\C/C=C\C/C=C\C/C=C\C/C=C\C/C=C\CCCCCCCCC(=O)OCC(COC(=O)CCCCCCC/C=C\C/C=C\C/C=C\CC)OC(=O)CCCCCCCCC/C=C\C/C=C\CCCCC. The third kappa shape index (κ3) is 65.7. The lowest BCUT2D eigenvalue weighted by Gasteiger charge is -2.18. The molecule has 6 nitrogen and oxygen atoms in total. The van der Waals surface area contributed by atoms with Crippen LogP contribution in [0.3, 0.4) is 0 Å². The summed E-state index contributed by atoms with van der Waals surface area (Å²) in [7, 11) is 0. The highest BCUT2D eigenvalue weighted by Crippen LogP contribution is 2.14. The first-order valence-electron chi connectivity index (χ1n) is 33.0. The number of unbranched alkanes of at least 4 members (excludes halogenated alkanes) is 21. The van der Waals surface area contributed by atoms with E-state index >= 15 is 0 Å². The van der Waals surface area contributed by atoms with Gasteiger partial charge in [-0.05, 0) is 148 Å². The van der Waals surface area contributed by atoms with Gasteiger partial charge in [0.2, 0.25) is 0 Å². The van der Waals surface area contributed by atoms with E-state index in [4.69, 9.17) is 14.2 Å². The van der Waals surface area contributed by atoms with Crippen LogP contribution in [-0.2, 0) is 28.6 Å². The van der Waals surface area contributed by atoms with E-state index in [-0.39, 0.29) is 31.1 Å². The molecule has 0 rings (SSSR count). The average molecular weight is 1120 g/mol. The van der Waals surface area contributed by atoms with Gasteiger partial charge in [-0.1, -0.05) is 269 Å². The lowest BCUT2D eigenvalue weighted by Crippen LogP contribution is -2.30. The monoisotopic (exact) mass is 1120 g/mol. The topological polar surface area (TPSA) is 78.9 Å². The molecule has 0 aliphatic carbocycles. The van der Waals surface area contributed by atoms with Crippen molar-refractivity contribution in [2.75, 3.05) is 13.2 Å². The Morgan fingerprint density at radius 2 is 0.481 bits per heavy atom. The molecule has 0 bridgehead atoms. The van der Waals surface area contributed by atoms with Crippen LogP contribution in [0.4, 0.5) is 0 Å².